The van der Waals surface area contributed by atoms with Crippen LogP contribution in [0.1, 0.15) is 29.1 Å². The van der Waals surface area contributed by atoms with Crippen molar-refractivity contribution in [3.63, 3.8) is 0 Å². The lowest BCUT2D eigenvalue weighted by molar-refractivity contribution is -0.115. The summed E-state index contributed by atoms with van der Waals surface area (Å²) in [7, 11) is 0. The molecule has 0 saturated carbocycles. The van der Waals surface area contributed by atoms with Gasteiger partial charge in [-0.2, -0.15) is 9.36 Å². The molecule has 0 saturated heterocycles. The third kappa shape index (κ3) is 8.52. The van der Waals surface area contributed by atoms with E-state index in [1.807, 2.05) is 36.6 Å². The topological polar surface area (TPSA) is 113 Å². The van der Waals surface area contributed by atoms with Gasteiger partial charge in [0.1, 0.15) is 5.70 Å². The molecule has 0 fully saturated rings. The molecule has 1 atom stereocenters. The Morgan fingerprint density at radius 3 is 2.59 bits per heavy atom. The normalized spacial score (nSPS) is 12.0. The van der Waals surface area contributed by atoms with E-state index in [1.54, 1.807) is 55.5 Å². The Kier molecular flexibility index (Phi) is 10.3. The quantitative estimate of drug-likeness (QED) is 0.139. The second-order valence-electron chi connectivity index (χ2n) is 7.94. The van der Waals surface area contributed by atoms with E-state index in [-0.39, 0.29) is 17.5 Å². The minimum Gasteiger partial charge on any atom is -0.321 e. The second kappa shape index (κ2) is 14.1. The third-order valence-corrected chi connectivity index (χ3v) is 8.43. The highest BCUT2D eigenvalue weighted by molar-refractivity contribution is 8.00. The largest absolute Gasteiger partial charge is 0.321 e. The summed E-state index contributed by atoms with van der Waals surface area (Å²) in [6.07, 6.45) is 1.64. The summed E-state index contributed by atoms with van der Waals surface area (Å²) in [5, 5.41) is 11.0. The van der Waals surface area contributed by atoms with Crippen LogP contribution in [0.5, 0.6) is 0 Å². The van der Waals surface area contributed by atoms with Gasteiger partial charge in [-0.3, -0.25) is 19.7 Å². The lowest BCUT2D eigenvalue weighted by Crippen LogP contribution is -2.30. The summed E-state index contributed by atoms with van der Waals surface area (Å²) < 4.78 is 4.22. The maximum atomic E-state index is 13.2. The molecule has 3 amide bonds. The average molecular weight is 596 g/mol. The van der Waals surface area contributed by atoms with Crippen molar-refractivity contribution < 1.29 is 14.4 Å². The Bertz CT molecular complexity index is 1460. The van der Waals surface area contributed by atoms with E-state index in [9.17, 15) is 14.4 Å². The van der Waals surface area contributed by atoms with Crippen LogP contribution < -0.4 is 16.0 Å². The highest BCUT2D eigenvalue weighted by atomic mass is 32.2. The molecule has 2 aromatic heterocycles. The van der Waals surface area contributed by atoms with Crippen molar-refractivity contribution in [2.45, 2.75) is 29.1 Å². The number of carbonyl (C=O) groups excluding carboxylic acids is 3. The Morgan fingerprint density at radius 2 is 1.85 bits per heavy atom. The molecular formula is C27H25N5O3S4. The monoisotopic (exact) mass is 595 g/mol. The first-order valence-electron chi connectivity index (χ1n) is 11.9. The summed E-state index contributed by atoms with van der Waals surface area (Å²) in [4.78, 5) is 44.6. The first-order valence-corrected chi connectivity index (χ1v) is 15.4. The summed E-state index contributed by atoms with van der Waals surface area (Å²) in [5.74, 6) is -0.178. The fourth-order valence-corrected chi connectivity index (χ4v) is 6.07. The summed E-state index contributed by atoms with van der Waals surface area (Å²) in [6.45, 7) is 3.82. The van der Waals surface area contributed by atoms with Crippen LogP contribution in [0.3, 0.4) is 0 Å². The summed E-state index contributed by atoms with van der Waals surface area (Å²) >= 11 is 5.48. The van der Waals surface area contributed by atoms with Gasteiger partial charge in [0.05, 0.1) is 5.25 Å². The number of benzene rings is 2. The number of nitrogens with one attached hydrogen (secondary N) is 3. The van der Waals surface area contributed by atoms with Crippen LogP contribution in [0.15, 0.2) is 87.9 Å². The molecule has 0 aliphatic rings. The molecule has 12 heteroatoms. The molecule has 4 aromatic rings. The Morgan fingerprint density at radius 1 is 1.03 bits per heavy atom. The van der Waals surface area contributed by atoms with Gasteiger partial charge in [0, 0.05) is 32.6 Å². The molecule has 0 aliphatic heterocycles. The molecular weight excluding hydrogens is 571 g/mol. The van der Waals surface area contributed by atoms with Gasteiger partial charge >= 0.3 is 0 Å². The Balaban J connectivity index is 1.42. The molecule has 200 valence electrons. The maximum Gasteiger partial charge on any atom is 0.272 e. The van der Waals surface area contributed by atoms with E-state index in [0.29, 0.717) is 21.5 Å². The van der Waals surface area contributed by atoms with Gasteiger partial charge in [0.15, 0.2) is 0 Å². The van der Waals surface area contributed by atoms with E-state index < -0.39 is 11.2 Å². The zero-order valence-electron chi connectivity index (χ0n) is 21.0. The van der Waals surface area contributed by atoms with Crippen molar-refractivity contribution in [2.75, 3.05) is 16.4 Å². The fraction of sp³-hybridized carbons (Fsp3) is 0.148. The predicted octanol–water partition coefficient (Wildman–Crippen LogP) is 6.24. The molecule has 0 aliphatic carbocycles. The standard InChI is InChI=1S/C27H25N5O3S4/c1-3-36-27-31-26(39-32-27)30-23(33)17(2)38-21-12-7-11-19(15-21)28-25(35)22(16-20-13-8-14-37-20)29-24(34)18-9-5-4-6-10-18/h4-17H,3H2,1-2H3,(H,28,35)(H,29,34)(H,30,31,32,33)/b22-16-. The number of rotatable bonds is 11. The fourth-order valence-electron chi connectivity index (χ4n) is 3.22. The van der Waals surface area contributed by atoms with Crippen LogP contribution in [0.4, 0.5) is 10.8 Å². The lowest BCUT2D eigenvalue weighted by atomic mass is 10.2. The molecule has 0 bridgehead atoms. The highest BCUT2D eigenvalue weighted by Gasteiger charge is 2.18. The van der Waals surface area contributed by atoms with Crippen LogP contribution in [0, 0.1) is 0 Å². The minimum absolute atomic E-state index is 0.120. The average Bonchev–Trinajstić information content (AvgIpc) is 3.61. The van der Waals surface area contributed by atoms with Crippen molar-refractivity contribution >= 4 is 81.0 Å². The molecule has 1 unspecified atom stereocenters. The van der Waals surface area contributed by atoms with Gasteiger partial charge in [0.25, 0.3) is 11.8 Å². The summed E-state index contributed by atoms with van der Waals surface area (Å²) in [5.41, 5.74) is 1.10. The number of hydrogen-bond acceptors (Lipinski definition) is 9. The van der Waals surface area contributed by atoms with Gasteiger partial charge < -0.3 is 10.6 Å². The van der Waals surface area contributed by atoms with Crippen LogP contribution in [0.25, 0.3) is 6.08 Å². The Hall–Kier alpha value is -3.45. The van der Waals surface area contributed by atoms with Crippen LogP contribution >= 0.6 is 46.4 Å². The predicted molar refractivity (Wildman–Crippen MR) is 162 cm³/mol. The van der Waals surface area contributed by atoms with Crippen molar-refractivity contribution in [1.29, 1.82) is 0 Å². The minimum atomic E-state index is -0.461. The number of aromatic nitrogens is 2. The van der Waals surface area contributed by atoms with Gasteiger partial charge in [-0.1, -0.05) is 49.0 Å². The van der Waals surface area contributed by atoms with E-state index in [1.165, 1.54) is 34.9 Å². The first-order chi connectivity index (χ1) is 18.9. The van der Waals surface area contributed by atoms with E-state index in [2.05, 4.69) is 25.3 Å². The Labute approximate surface area is 242 Å². The third-order valence-electron chi connectivity index (χ3n) is 5.04. The van der Waals surface area contributed by atoms with Crippen LogP contribution in [-0.2, 0) is 9.59 Å². The molecule has 0 spiro atoms. The van der Waals surface area contributed by atoms with Gasteiger partial charge in [-0.25, -0.2) is 0 Å². The second-order valence-corrected chi connectivity index (χ2v) is 12.3. The first kappa shape index (κ1) is 28.6. The maximum absolute atomic E-state index is 13.2. The molecule has 4 rings (SSSR count). The van der Waals surface area contributed by atoms with Crippen molar-refractivity contribution in [2.24, 2.45) is 0 Å². The van der Waals surface area contributed by atoms with E-state index >= 15 is 0 Å². The SMILES string of the molecule is CCSc1nsc(NC(=O)C(C)Sc2cccc(NC(=O)/C(=C/c3cccs3)NC(=O)c3ccccc3)c2)n1. The molecule has 3 N–H and O–H groups in total. The van der Waals surface area contributed by atoms with E-state index in [4.69, 9.17) is 0 Å². The molecule has 8 nitrogen and oxygen atoms in total. The van der Waals surface area contributed by atoms with Crippen LogP contribution in [-0.4, -0.2) is 38.1 Å². The van der Waals surface area contributed by atoms with Crippen LogP contribution in [0.2, 0.25) is 0 Å². The molecule has 39 heavy (non-hydrogen) atoms. The molecule has 2 aromatic carbocycles. The molecule has 2 heterocycles. The number of hydrogen-bond donors (Lipinski definition) is 3. The number of thiophene rings is 1. The number of nitrogens with zero attached hydrogens (tertiary/aromatic N) is 2. The zero-order valence-corrected chi connectivity index (χ0v) is 24.3. The van der Waals surface area contributed by atoms with Gasteiger partial charge in [-0.05, 0) is 60.5 Å². The summed E-state index contributed by atoms with van der Waals surface area (Å²) in [6, 6.07) is 19.6. The van der Waals surface area contributed by atoms with Crippen molar-refractivity contribution in [3.05, 3.63) is 88.2 Å². The number of thioether (sulfide) groups is 2. The smallest absolute Gasteiger partial charge is 0.272 e. The number of anilines is 2. The zero-order chi connectivity index (χ0) is 27.6. The van der Waals surface area contributed by atoms with Gasteiger partial charge in [0.2, 0.25) is 16.2 Å². The van der Waals surface area contributed by atoms with Crippen molar-refractivity contribution in [1.82, 2.24) is 14.7 Å². The molecule has 0 radical (unpaired) electrons. The van der Waals surface area contributed by atoms with Crippen molar-refractivity contribution in [3.8, 4) is 0 Å². The lowest BCUT2D eigenvalue weighted by Gasteiger charge is -2.13. The number of amides is 3. The van der Waals surface area contributed by atoms with Gasteiger partial charge in [-0.15, -0.1) is 23.1 Å². The number of carbonyl (C=O) groups is 3. The van der Waals surface area contributed by atoms with E-state index in [0.717, 1.165) is 27.1 Å². The highest BCUT2D eigenvalue weighted by Crippen LogP contribution is 2.28.